The first-order valence-electron chi connectivity index (χ1n) is 15.4. The summed E-state index contributed by atoms with van der Waals surface area (Å²) >= 11 is 6.34. The zero-order chi connectivity index (χ0) is 39.3. The third kappa shape index (κ3) is 7.53. The van der Waals surface area contributed by atoms with Crippen molar-refractivity contribution < 1.29 is 44.0 Å². The third-order valence-corrected chi connectivity index (χ3v) is 11.0. The second-order valence-corrected chi connectivity index (χ2v) is 16.4. The van der Waals surface area contributed by atoms with E-state index in [0.717, 1.165) is 42.1 Å². The molecule has 0 unspecified atom stereocenters. The van der Waals surface area contributed by atoms with Crippen LogP contribution in [0.2, 0.25) is 5.28 Å². The van der Waals surface area contributed by atoms with Crippen LogP contribution in [-0.4, -0.2) is 72.1 Å². The Labute approximate surface area is 313 Å². The van der Waals surface area contributed by atoms with E-state index < -0.39 is 62.2 Å². The fourth-order valence-electron chi connectivity index (χ4n) is 5.75. The molecule has 1 heterocycles. The molecule has 5 aromatic carbocycles. The predicted molar refractivity (Wildman–Crippen MR) is 200 cm³/mol. The van der Waals surface area contributed by atoms with Crippen LogP contribution in [0.4, 0.5) is 34.6 Å². The van der Waals surface area contributed by atoms with Gasteiger partial charge in [0.2, 0.25) is 17.2 Å². The molecule has 0 amide bonds. The van der Waals surface area contributed by atoms with E-state index in [2.05, 4.69) is 25.2 Å². The predicted octanol–water partition coefficient (Wildman–Crippen LogP) is 7.01. The molecule has 0 atom stereocenters. The molecule has 0 spiro atoms. The highest BCUT2D eigenvalue weighted by molar-refractivity contribution is 7.86. The van der Waals surface area contributed by atoms with Gasteiger partial charge in [-0.15, -0.1) is 10.2 Å². The quantitative estimate of drug-likeness (QED) is 0.0802. The Morgan fingerprint density at radius 3 is 1.94 bits per heavy atom. The molecular weight excluding hydrogens is 786 g/mol. The van der Waals surface area contributed by atoms with Crippen molar-refractivity contribution in [3.63, 3.8) is 0 Å². The first-order valence-corrected chi connectivity index (χ1v) is 20.1. The molecule has 0 aliphatic heterocycles. The molecular formula is C33H28ClN7O10S3. The average Bonchev–Trinajstić information content (AvgIpc) is 3.09. The van der Waals surface area contributed by atoms with E-state index in [-0.39, 0.29) is 44.8 Å². The maximum Gasteiger partial charge on any atom is 0.297 e. The number of nitrogens with zero attached hydrogens (tertiary/aromatic N) is 7. The van der Waals surface area contributed by atoms with Crippen LogP contribution in [0.15, 0.2) is 110 Å². The summed E-state index contributed by atoms with van der Waals surface area (Å²) in [6, 6.07) is 20.0. The number of hydrogen-bond acceptors (Lipinski definition) is 14. The van der Waals surface area contributed by atoms with Crippen molar-refractivity contribution in [1.82, 2.24) is 15.0 Å². The Morgan fingerprint density at radius 1 is 0.667 bits per heavy atom. The lowest BCUT2D eigenvalue weighted by atomic mass is 10.1. The molecule has 0 bridgehead atoms. The SMILES string of the molecule is CC(C)N(c1ccccc1)c1nc(Cl)nc(N(C)c2ccc3c(O)c(N=Nc4ccc5c(S(=O)(=O)O)cccc5c4S(=O)(=O)O)c(S(=O)(=O)O)cc3c2)n1. The Morgan fingerprint density at radius 2 is 1.31 bits per heavy atom. The van der Waals surface area contributed by atoms with E-state index in [4.69, 9.17) is 11.6 Å². The topological polar surface area (TPSA) is 253 Å². The Hall–Kier alpha value is -5.35. The summed E-state index contributed by atoms with van der Waals surface area (Å²) in [5, 5.41) is 18.2. The average molecular weight is 814 g/mol. The summed E-state index contributed by atoms with van der Waals surface area (Å²) < 4.78 is 104. The van der Waals surface area contributed by atoms with Crippen LogP contribution in [-0.2, 0) is 30.4 Å². The first-order chi connectivity index (χ1) is 25.3. The third-order valence-electron chi connectivity index (χ3n) is 8.10. The first kappa shape index (κ1) is 38.4. The van der Waals surface area contributed by atoms with E-state index in [0.29, 0.717) is 5.69 Å². The summed E-state index contributed by atoms with van der Waals surface area (Å²) in [5.74, 6) is -0.409. The van der Waals surface area contributed by atoms with Gasteiger partial charge in [0.1, 0.15) is 26.1 Å². The van der Waals surface area contributed by atoms with Crippen LogP contribution in [0, 0.1) is 0 Å². The molecule has 4 N–H and O–H groups in total. The lowest BCUT2D eigenvalue weighted by Gasteiger charge is -2.28. The molecule has 0 saturated carbocycles. The molecule has 0 fully saturated rings. The molecule has 54 heavy (non-hydrogen) atoms. The molecule has 17 nitrogen and oxygen atoms in total. The van der Waals surface area contributed by atoms with Crippen molar-refractivity contribution in [2.24, 2.45) is 10.2 Å². The maximum atomic E-state index is 12.6. The standard InChI is InChI=1S/C33H28ClN7O10S3/c1-18(2)41(20-8-5-4-6-9-20)33-36-31(34)35-32(37-33)40(3)21-12-13-22-19(16-21)17-27(53(46,47)48)28(29(22)42)39-38-25-15-14-23-24(30(25)54(49,50)51)10-7-11-26(23)52(43,44)45/h4-18,42H,1-3H3,(H,43,44,45)(H,46,47,48)(H,49,50,51). The summed E-state index contributed by atoms with van der Waals surface area (Å²) in [5.41, 5.74) is -0.201. The van der Waals surface area contributed by atoms with Gasteiger partial charge in [-0.05, 0) is 79.4 Å². The van der Waals surface area contributed by atoms with Crippen molar-refractivity contribution in [2.45, 2.75) is 34.6 Å². The number of benzene rings is 5. The van der Waals surface area contributed by atoms with Gasteiger partial charge >= 0.3 is 0 Å². The molecule has 6 aromatic rings. The molecule has 21 heteroatoms. The number of fused-ring (bicyclic) bond motifs is 2. The zero-order valence-corrected chi connectivity index (χ0v) is 31.3. The molecule has 0 radical (unpaired) electrons. The number of anilines is 4. The van der Waals surface area contributed by atoms with Crippen LogP contribution in [0.5, 0.6) is 5.75 Å². The van der Waals surface area contributed by atoms with Crippen LogP contribution in [0.3, 0.4) is 0 Å². The summed E-state index contributed by atoms with van der Waals surface area (Å²) in [6.07, 6.45) is 0. The highest BCUT2D eigenvalue weighted by atomic mass is 35.5. The van der Waals surface area contributed by atoms with E-state index in [1.165, 1.54) is 23.1 Å². The zero-order valence-electron chi connectivity index (χ0n) is 28.1. The van der Waals surface area contributed by atoms with Gasteiger partial charge in [0.05, 0.1) is 0 Å². The number of aromatic hydroxyl groups is 1. The minimum atomic E-state index is -5.16. The van der Waals surface area contributed by atoms with Crippen molar-refractivity contribution in [3.8, 4) is 5.75 Å². The smallest absolute Gasteiger partial charge is 0.297 e. The minimum absolute atomic E-state index is 0.0317. The lowest BCUT2D eigenvalue weighted by Crippen LogP contribution is -2.28. The number of halogens is 1. The normalized spacial score (nSPS) is 12.6. The number of para-hydroxylation sites is 1. The van der Waals surface area contributed by atoms with E-state index in [1.54, 1.807) is 7.05 Å². The maximum absolute atomic E-state index is 12.6. The fraction of sp³-hybridized carbons (Fsp3) is 0.121. The largest absolute Gasteiger partial charge is 0.505 e. The van der Waals surface area contributed by atoms with Crippen LogP contribution >= 0.6 is 11.6 Å². The number of phenols is 1. The van der Waals surface area contributed by atoms with Gasteiger partial charge in [0.25, 0.3) is 30.4 Å². The van der Waals surface area contributed by atoms with E-state index >= 15 is 0 Å². The van der Waals surface area contributed by atoms with Crippen LogP contribution in [0.25, 0.3) is 21.5 Å². The Balaban J connectivity index is 1.45. The van der Waals surface area contributed by atoms with Crippen molar-refractivity contribution in [3.05, 3.63) is 90.2 Å². The molecule has 0 aliphatic rings. The molecule has 1 aromatic heterocycles. The number of phenolic OH excluding ortho intramolecular Hbond substituents is 1. The van der Waals surface area contributed by atoms with Gasteiger partial charge in [-0.25, -0.2) is 0 Å². The second-order valence-electron chi connectivity index (χ2n) is 11.9. The molecule has 6 rings (SSSR count). The summed E-state index contributed by atoms with van der Waals surface area (Å²) in [6.45, 7) is 3.89. The highest BCUT2D eigenvalue weighted by Gasteiger charge is 2.26. The number of hydrogen-bond donors (Lipinski definition) is 4. The molecule has 0 aliphatic carbocycles. The van der Waals surface area contributed by atoms with Gasteiger partial charge in [0, 0.05) is 40.6 Å². The lowest BCUT2D eigenvalue weighted by molar-refractivity contribution is 0.472. The number of azo groups is 1. The summed E-state index contributed by atoms with van der Waals surface area (Å²) in [4.78, 5) is 14.1. The van der Waals surface area contributed by atoms with Gasteiger partial charge in [0.15, 0.2) is 5.75 Å². The van der Waals surface area contributed by atoms with Gasteiger partial charge in [-0.2, -0.15) is 40.2 Å². The van der Waals surface area contributed by atoms with E-state index in [9.17, 15) is 44.0 Å². The monoisotopic (exact) mass is 813 g/mol. The van der Waals surface area contributed by atoms with Crippen molar-refractivity contribution in [1.29, 1.82) is 0 Å². The molecule has 280 valence electrons. The minimum Gasteiger partial charge on any atom is -0.505 e. The van der Waals surface area contributed by atoms with E-state index in [1.807, 2.05) is 49.1 Å². The van der Waals surface area contributed by atoms with Gasteiger partial charge in [-0.1, -0.05) is 36.4 Å². The van der Waals surface area contributed by atoms with Crippen molar-refractivity contribution in [2.75, 3.05) is 16.8 Å². The van der Waals surface area contributed by atoms with Crippen molar-refractivity contribution >= 4 is 98.1 Å². The summed E-state index contributed by atoms with van der Waals surface area (Å²) in [7, 11) is -13.5. The van der Waals surface area contributed by atoms with Gasteiger partial charge < -0.3 is 14.9 Å². The fourth-order valence-corrected chi connectivity index (χ4v) is 8.09. The number of rotatable bonds is 10. The Bertz CT molecular complexity index is 2840. The second kappa shape index (κ2) is 14.1. The number of aromatic nitrogens is 3. The van der Waals surface area contributed by atoms with Gasteiger partial charge in [-0.3, -0.25) is 13.7 Å². The van der Waals surface area contributed by atoms with Crippen LogP contribution < -0.4 is 9.80 Å². The Kier molecular flexibility index (Phi) is 10.0. The van der Waals surface area contributed by atoms with Crippen LogP contribution in [0.1, 0.15) is 13.8 Å². The highest BCUT2D eigenvalue weighted by Crippen LogP contribution is 2.44. The molecule has 0 saturated heterocycles.